The molecule has 0 aliphatic rings. The Balaban J connectivity index is 1.51. The summed E-state index contributed by atoms with van der Waals surface area (Å²) < 4.78 is 45.3. The van der Waals surface area contributed by atoms with Crippen molar-refractivity contribution in [2.45, 2.75) is 26.1 Å². The normalized spacial score (nSPS) is 11.3. The van der Waals surface area contributed by atoms with Gasteiger partial charge in [0.25, 0.3) is 0 Å². The molecule has 0 unspecified atom stereocenters. The van der Waals surface area contributed by atoms with E-state index < -0.39 is 6.36 Å². The van der Waals surface area contributed by atoms with E-state index in [-0.39, 0.29) is 24.5 Å². The van der Waals surface area contributed by atoms with Gasteiger partial charge in [0.15, 0.2) is 0 Å². The molecule has 1 amide bonds. The zero-order chi connectivity index (χ0) is 20.1. The van der Waals surface area contributed by atoms with E-state index in [4.69, 9.17) is 4.52 Å². The van der Waals surface area contributed by atoms with Crippen LogP contribution in [-0.2, 0) is 11.2 Å². The molecular weight excluding hydrogens is 375 g/mol. The number of carbonyl (C=O) groups excluding carboxylic acids is 1. The van der Waals surface area contributed by atoms with Crippen LogP contribution < -0.4 is 10.1 Å². The molecule has 0 bridgehead atoms. The lowest BCUT2D eigenvalue weighted by Gasteiger charge is -2.09. The number of nitrogens with zero attached hydrogens (tertiary/aromatic N) is 2. The summed E-state index contributed by atoms with van der Waals surface area (Å²) in [4.78, 5) is 16.3. The van der Waals surface area contributed by atoms with E-state index in [9.17, 15) is 18.0 Å². The largest absolute Gasteiger partial charge is 0.573 e. The zero-order valence-corrected chi connectivity index (χ0v) is 14.8. The molecule has 0 saturated heterocycles. The van der Waals surface area contributed by atoms with Gasteiger partial charge >= 0.3 is 6.36 Å². The molecule has 0 fully saturated rings. The number of carbonyl (C=O) groups is 1. The number of benzene rings is 2. The lowest BCUT2D eigenvalue weighted by atomic mass is 10.1. The van der Waals surface area contributed by atoms with Crippen molar-refractivity contribution in [1.29, 1.82) is 0 Å². The summed E-state index contributed by atoms with van der Waals surface area (Å²) in [5, 5.41) is 6.47. The molecule has 6 nitrogen and oxygen atoms in total. The Bertz CT molecular complexity index is 936. The topological polar surface area (TPSA) is 77.2 Å². The van der Waals surface area contributed by atoms with Crippen molar-refractivity contribution in [2.75, 3.05) is 5.32 Å². The summed E-state index contributed by atoms with van der Waals surface area (Å²) in [6, 6.07) is 12.5. The van der Waals surface area contributed by atoms with Gasteiger partial charge in [-0.25, -0.2) is 0 Å². The Morgan fingerprint density at radius 2 is 1.79 bits per heavy atom. The molecule has 3 aromatic rings. The fraction of sp³-hybridized carbons (Fsp3) is 0.211. The van der Waals surface area contributed by atoms with Gasteiger partial charge in [-0.15, -0.1) is 13.2 Å². The molecule has 0 aliphatic carbocycles. The Labute approximate surface area is 158 Å². The maximum Gasteiger partial charge on any atom is 0.573 e. The average Bonchev–Trinajstić information content (AvgIpc) is 3.10. The number of aryl methyl sites for hydroxylation is 2. The van der Waals surface area contributed by atoms with Gasteiger partial charge in [-0.05, 0) is 31.2 Å². The number of anilines is 1. The van der Waals surface area contributed by atoms with Crippen LogP contribution in [0.4, 0.5) is 18.9 Å². The van der Waals surface area contributed by atoms with E-state index in [0.717, 1.165) is 23.3 Å². The maximum absolute atomic E-state index is 12.1. The van der Waals surface area contributed by atoms with Crippen LogP contribution in [0.3, 0.4) is 0 Å². The minimum atomic E-state index is -4.76. The first-order valence-corrected chi connectivity index (χ1v) is 8.34. The Morgan fingerprint density at radius 1 is 1.11 bits per heavy atom. The molecule has 3 rings (SSSR count). The number of amides is 1. The molecule has 0 radical (unpaired) electrons. The number of hydrogen-bond acceptors (Lipinski definition) is 5. The lowest BCUT2D eigenvalue weighted by Crippen LogP contribution is -2.17. The number of ether oxygens (including phenoxy) is 1. The second kappa shape index (κ2) is 8.12. The van der Waals surface area contributed by atoms with Crippen LogP contribution in [-0.4, -0.2) is 22.4 Å². The fourth-order valence-electron chi connectivity index (χ4n) is 2.36. The summed E-state index contributed by atoms with van der Waals surface area (Å²) >= 11 is 0. The maximum atomic E-state index is 12.1. The first-order valence-electron chi connectivity index (χ1n) is 8.34. The molecule has 0 atom stereocenters. The molecule has 0 saturated carbocycles. The molecule has 2 aromatic carbocycles. The Hall–Kier alpha value is -3.36. The van der Waals surface area contributed by atoms with Crippen molar-refractivity contribution in [2.24, 2.45) is 0 Å². The van der Waals surface area contributed by atoms with Crippen LogP contribution in [0.5, 0.6) is 5.75 Å². The third-order valence-electron chi connectivity index (χ3n) is 3.72. The number of hydrogen-bond donors (Lipinski definition) is 1. The van der Waals surface area contributed by atoms with Gasteiger partial charge in [0, 0.05) is 24.1 Å². The first kappa shape index (κ1) is 19.4. The smallest absolute Gasteiger partial charge is 0.406 e. The Kier molecular flexibility index (Phi) is 5.62. The van der Waals surface area contributed by atoms with Crippen LogP contribution >= 0.6 is 0 Å². The molecule has 28 heavy (non-hydrogen) atoms. The monoisotopic (exact) mass is 391 g/mol. The molecule has 0 spiro atoms. The summed E-state index contributed by atoms with van der Waals surface area (Å²) in [6.07, 6.45) is -4.44. The molecule has 146 valence electrons. The van der Waals surface area contributed by atoms with Gasteiger partial charge in [0.1, 0.15) is 5.75 Å². The first-order chi connectivity index (χ1) is 13.3. The van der Waals surface area contributed by atoms with E-state index in [1.54, 1.807) is 0 Å². The number of nitrogens with one attached hydrogen (secondary N) is 1. The highest BCUT2D eigenvalue weighted by Crippen LogP contribution is 2.24. The number of alkyl halides is 3. The van der Waals surface area contributed by atoms with Gasteiger partial charge in [0.05, 0.1) is 0 Å². The van der Waals surface area contributed by atoms with Crippen LogP contribution in [0.25, 0.3) is 11.4 Å². The molecule has 1 aromatic heterocycles. The predicted octanol–water partition coefficient (Wildman–Crippen LogP) is 4.51. The number of rotatable bonds is 6. The van der Waals surface area contributed by atoms with Crippen LogP contribution in [0.2, 0.25) is 0 Å². The van der Waals surface area contributed by atoms with Gasteiger partial charge < -0.3 is 14.6 Å². The molecule has 1 heterocycles. The average molecular weight is 391 g/mol. The summed E-state index contributed by atoms with van der Waals surface area (Å²) in [6.45, 7) is 1.97. The van der Waals surface area contributed by atoms with Gasteiger partial charge in [-0.3, -0.25) is 4.79 Å². The van der Waals surface area contributed by atoms with Crippen molar-refractivity contribution >= 4 is 11.6 Å². The minimum Gasteiger partial charge on any atom is -0.406 e. The second-order valence-corrected chi connectivity index (χ2v) is 6.00. The van der Waals surface area contributed by atoms with Gasteiger partial charge in [-0.2, -0.15) is 4.98 Å². The summed E-state index contributed by atoms with van der Waals surface area (Å²) in [7, 11) is 0. The highest BCUT2D eigenvalue weighted by molar-refractivity contribution is 5.90. The fourth-order valence-corrected chi connectivity index (χ4v) is 2.36. The summed E-state index contributed by atoms with van der Waals surface area (Å²) in [5.41, 5.74) is 2.28. The third kappa shape index (κ3) is 5.57. The highest BCUT2D eigenvalue weighted by Gasteiger charge is 2.30. The quantitative estimate of drug-likeness (QED) is 0.669. The van der Waals surface area contributed by atoms with Gasteiger partial charge in [0.2, 0.25) is 17.6 Å². The SMILES string of the molecule is Cc1ccc(-c2noc(CCC(=O)Nc3ccc(OC(F)(F)F)cc3)n2)cc1. The molecule has 0 aliphatic heterocycles. The van der Waals surface area contributed by atoms with Crippen molar-refractivity contribution in [3.63, 3.8) is 0 Å². The van der Waals surface area contributed by atoms with Crippen molar-refractivity contribution < 1.29 is 27.2 Å². The third-order valence-corrected chi connectivity index (χ3v) is 3.72. The van der Waals surface area contributed by atoms with E-state index in [2.05, 4.69) is 20.2 Å². The van der Waals surface area contributed by atoms with Crippen molar-refractivity contribution in [3.05, 3.63) is 60.0 Å². The van der Waals surface area contributed by atoms with Crippen LogP contribution in [0.15, 0.2) is 53.1 Å². The van der Waals surface area contributed by atoms with E-state index in [0.29, 0.717) is 17.4 Å². The molecule has 1 N–H and O–H groups in total. The number of halogens is 3. The standard InChI is InChI=1S/C19H16F3N3O3/c1-12-2-4-13(5-3-12)18-24-17(28-25-18)11-10-16(26)23-14-6-8-15(9-7-14)27-19(20,21)22/h2-9H,10-11H2,1H3,(H,23,26). The molecular formula is C19H16F3N3O3. The highest BCUT2D eigenvalue weighted by atomic mass is 19.4. The zero-order valence-electron chi connectivity index (χ0n) is 14.8. The van der Waals surface area contributed by atoms with Crippen molar-refractivity contribution in [1.82, 2.24) is 10.1 Å². The molecule has 9 heteroatoms. The summed E-state index contributed by atoms with van der Waals surface area (Å²) in [5.74, 6) is 0.0647. The number of aromatic nitrogens is 2. The second-order valence-electron chi connectivity index (χ2n) is 6.00. The predicted molar refractivity (Wildman–Crippen MR) is 94.5 cm³/mol. The van der Waals surface area contributed by atoms with Crippen LogP contribution in [0, 0.1) is 6.92 Å². The van der Waals surface area contributed by atoms with Gasteiger partial charge in [-0.1, -0.05) is 35.0 Å². The van der Waals surface area contributed by atoms with E-state index in [1.165, 1.54) is 12.1 Å². The van der Waals surface area contributed by atoms with E-state index in [1.807, 2.05) is 31.2 Å². The lowest BCUT2D eigenvalue weighted by molar-refractivity contribution is -0.274. The van der Waals surface area contributed by atoms with Crippen molar-refractivity contribution in [3.8, 4) is 17.1 Å². The minimum absolute atomic E-state index is 0.0797. The Morgan fingerprint density at radius 3 is 2.43 bits per heavy atom. The van der Waals surface area contributed by atoms with E-state index >= 15 is 0 Å². The van der Waals surface area contributed by atoms with Crippen LogP contribution in [0.1, 0.15) is 17.9 Å².